The first-order valence-corrected chi connectivity index (χ1v) is 9.15. The third kappa shape index (κ3) is 4.05. The Labute approximate surface area is 129 Å². The van der Waals surface area contributed by atoms with Crippen molar-refractivity contribution in [3.8, 4) is 0 Å². The fraction of sp³-hybridized carbons (Fsp3) is 0.625. The second kappa shape index (κ2) is 7.92. The van der Waals surface area contributed by atoms with Crippen LogP contribution in [0.15, 0.2) is 29.2 Å². The van der Waals surface area contributed by atoms with Crippen molar-refractivity contribution in [2.45, 2.75) is 57.5 Å². The van der Waals surface area contributed by atoms with E-state index in [0.29, 0.717) is 11.4 Å². The first kappa shape index (κ1) is 18.1. The van der Waals surface area contributed by atoms with Crippen LogP contribution in [-0.4, -0.2) is 32.4 Å². The summed E-state index contributed by atoms with van der Waals surface area (Å²) in [7, 11) is -1.53. The highest BCUT2D eigenvalue weighted by Gasteiger charge is 2.27. The van der Waals surface area contributed by atoms with Crippen molar-refractivity contribution in [2.75, 3.05) is 13.6 Å². The van der Waals surface area contributed by atoms with E-state index in [1.807, 2.05) is 40.0 Å². The molecule has 1 rings (SSSR count). The summed E-state index contributed by atoms with van der Waals surface area (Å²) in [6.45, 7) is 8.42. The Hall–Kier alpha value is -0.910. The fourth-order valence-corrected chi connectivity index (χ4v) is 4.32. The molecule has 1 aromatic rings. The van der Waals surface area contributed by atoms with Crippen molar-refractivity contribution in [3.63, 3.8) is 0 Å². The molecule has 120 valence electrons. The minimum absolute atomic E-state index is 0.00919. The smallest absolute Gasteiger partial charge is 0.243 e. The van der Waals surface area contributed by atoms with Gasteiger partial charge in [0.25, 0.3) is 0 Å². The van der Waals surface area contributed by atoms with E-state index in [0.717, 1.165) is 18.4 Å². The lowest BCUT2D eigenvalue weighted by molar-refractivity contribution is 0.342. The van der Waals surface area contributed by atoms with Gasteiger partial charge in [-0.1, -0.05) is 32.9 Å². The molecule has 0 saturated carbocycles. The topological polar surface area (TPSA) is 49.4 Å². The van der Waals surface area contributed by atoms with Gasteiger partial charge in [-0.3, -0.25) is 0 Å². The summed E-state index contributed by atoms with van der Waals surface area (Å²) >= 11 is 0. The van der Waals surface area contributed by atoms with E-state index in [-0.39, 0.29) is 12.1 Å². The van der Waals surface area contributed by atoms with Gasteiger partial charge < -0.3 is 5.32 Å². The average Bonchev–Trinajstić information content (AvgIpc) is 2.49. The van der Waals surface area contributed by atoms with Crippen molar-refractivity contribution in [1.82, 2.24) is 9.62 Å². The van der Waals surface area contributed by atoms with Gasteiger partial charge in [0.2, 0.25) is 10.0 Å². The monoisotopic (exact) mass is 312 g/mol. The van der Waals surface area contributed by atoms with Crippen molar-refractivity contribution >= 4 is 10.0 Å². The van der Waals surface area contributed by atoms with Crippen LogP contribution in [0.3, 0.4) is 0 Å². The highest BCUT2D eigenvalue weighted by atomic mass is 32.2. The van der Waals surface area contributed by atoms with Crippen molar-refractivity contribution in [1.29, 1.82) is 0 Å². The van der Waals surface area contributed by atoms with Crippen LogP contribution in [0.1, 0.15) is 52.1 Å². The number of rotatable bonds is 8. The van der Waals surface area contributed by atoms with E-state index in [9.17, 15) is 8.42 Å². The Morgan fingerprint density at radius 2 is 1.86 bits per heavy atom. The van der Waals surface area contributed by atoms with Crippen LogP contribution in [0.5, 0.6) is 0 Å². The molecule has 0 aliphatic carbocycles. The summed E-state index contributed by atoms with van der Waals surface area (Å²) in [6.07, 6.45) is 1.73. The number of nitrogens with one attached hydrogen (secondary N) is 1. The predicted molar refractivity (Wildman–Crippen MR) is 87.9 cm³/mol. The standard InChI is InChI=1S/C16H28N2O2S/c1-6-13(4)18(8-3)21(19,20)15-11-9-10-14(12-15)16(7-2)17-5/h9-13,16-17H,6-8H2,1-5H3. The average molecular weight is 312 g/mol. The third-order valence-electron chi connectivity index (χ3n) is 4.02. The summed E-state index contributed by atoms with van der Waals surface area (Å²) in [6, 6.07) is 7.47. The molecule has 1 aromatic carbocycles. The van der Waals surface area contributed by atoms with Gasteiger partial charge in [0, 0.05) is 18.6 Å². The van der Waals surface area contributed by atoms with Gasteiger partial charge in [0.05, 0.1) is 4.90 Å². The number of benzene rings is 1. The summed E-state index contributed by atoms with van der Waals surface area (Å²) in [4.78, 5) is 0.385. The molecule has 0 saturated heterocycles. The second-order valence-electron chi connectivity index (χ2n) is 5.29. The van der Waals surface area contributed by atoms with Gasteiger partial charge in [-0.15, -0.1) is 0 Å². The summed E-state index contributed by atoms with van der Waals surface area (Å²) in [5.41, 5.74) is 1.02. The highest BCUT2D eigenvalue weighted by Crippen LogP contribution is 2.24. The van der Waals surface area contributed by atoms with Gasteiger partial charge in [-0.2, -0.15) is 4.31 Å². The second-order valence-corrected chi connectivity index (χ2v) is 7.18. The van der Waals surface area contributed by atoms with E-state index >= 15 is 0 Å². The SMILES string of the molecule is CCC(NC)c1cccc(S(=O)(=O)N(CC)C(C)CC)c1. The van der Waals surface area contributed by atoms with E-state index in [1.54, 1.807) is 16.4 Å². The zero-order valence-electron chi connectivity index (χ0n) is 13.8. The first-order valence-electron chi connectivity index (χ1n) is 7.71. The van der Waals surface area contributed by atoms with Crippen LogP contribution in [0.4, 0.5) is 0 Å². The molecule has 5 heteroatoms. The Balaban J connectivity index is 3.22. The number of hydrogen-bond acceptors (Lipinski definition) is 3. The Morgan fingerprint density at radius 1 is 1.19 bits per heavy atom. The zero-order chi connectivity index (χ0) is 16.0. The molecule has 0 fully saturated rings. The molecule has 2 atom stereocenters. The highest BCUT2D eigenvalue weighted by molar-refractivity contribution is 7.89. The van der Waals surface area contributed by atoms with Crippen LogP contribution >= 0.6 is 0 Å². The van der Waals surface area contributed by atoms with Gasteiger partial charge in [0.15, 0.2) is 0 Å². The van der Waals surface area contributed by atoms with Crippen molar-refractivity contribution in [2.24, 2.45) is 0 Å². The molecule has 0 aliphatic rings. The van der Waals surface area contributed by atoms with E-state index in [4.69, 9.17) is 0 Å². The van der Waals surface area contributed by atoms with Crippen LogP contribution in [-0.2, 0) is 10.0 Å². The first-order chi connectivity index (χ1) is 9.92. The number of sulfonamides is 1. The molecule has 0 spiro atoms. The minimum Gasteiger partial charge on any atom is -0.313 e. The van der Waals surface area contributed by atoms with Gasteiger partial charge in [-0.05, 0) is 44.5 Å². The Kier molecular flexibility index (Phi) is 6.84. The molecule has 0 radical (unpaired) electrons. The molecule has 21 heavy (non-hydrogen) atoms. The maximum atomic E-state index is 12.8. The summed E-state index contributed by atoms with van der Waals surface area (Å²) < 4.78 is 27.2. The lowest BCUT2D eigenvalue weighted by Crippen LogP contribution is -2.38. The predicted octanol–water partition coefficient (Wildman–Crippen LogP) is 3.17. The molecule has 0 aliphatic heterocycles. The number of hydrogen-bond donors (Lipinski definition) is 1. The van der Waals surface area contributed by atoms with Crippen LogP contribution in [0.25, 0.3) is 0 Å². The van der Waals surface area contributed by atoms with Crippen molar-refractivity contribution < 1.29 is 8.42 Å². The molecule has 4 nitrogen and oxygen atoms in total. The van der Waals surface area contributed by atoms with E-state index in [1.165, 1.54) is 0 Å². The molecule has 0 bridgehead atoms. The maximum absolute atomic E-state index is 12.8. The third-order valence-corrected chi connectivity index (χ3v) is 6.10. The molecule has 0 heterocycles. The molecular formula is C16H28N2O2S. The van der Waals surface area contributed by atoms with Crippen molar-refractivity contribution in [3.05, 3.63) is 29.8 Å². The summed E-state index contributed by atoms with van der Waals surface area (Å²) in [5, 5.41) is 3.22. The number of nitrogens with zero attached hydrogens (tertiary/aromatic N) is 1. The summed E-state index contributed by atoms with van der Waals surface area (Å²) in [5.74, 6) is 0. The normalized spacial score (nSPS) is 15.1. The zero-order valence-corrected chi connectivity index (χ0v) is 14.6. The Morgan fingerprint density at radius 3 is 2.33 bits per heavy atom. The minimum atomic E-state index is -3.43. The molecule has 0 amide bonds. The van der Waals surface area contributed by atoms with E-state index < -0.39 is 10.0 Å². The van der Waals surface area contributed by atoms with Gasteiger partial charge in [-0.25, -0.2) is 8.42 Å². The lowest BCUT2D eigenvalue weighted by Gasteiger charge is -2.26. The largest absolute Gasteiger partial charge is 0.313 e. The Bertz CT molecular complexity index is 539. The van der Waals surface area contributed by atoms with Crippen LogP contribution < -0.4 is 5.32 Å². The van der Waals surface area contributed by atoms with Crippen LogP contribution in [0.2, 0.25) is 0 Å². The molecular weight excluding hydrogens is 284 g/mol. The van der Waals surface area contributed by atoms with Gasteiger partial charge in [0.1, 0.15) is 0 Å². The molecule has 0 aromatic heterocycles. The molecule has 2 unspecified atom stereocenters. The maximum Gasteiger partial charge on any atom is 0.243 e. The van der Waals surface area contributed by atoms with Crippen LogP contribution in [0, 0.1) is 0 Å². The fourth-order valence-electron chi connectivity index (χ4n) is 2.56. The van der Waals surface area contributed by atoms with E-state index in [2.05, 4.69) is 12.2 Å². The quantitative estimate of drug-likeness (QED) is 0.802. The lowest BCUT2D eigenvalue weighted by atomic mass is 10.1. The van der Waals surface area contributed by atoms with Gasteiger partial charge >= 0.3 is 0 Å². The molecule has 1 N–H and O–H groups in total.